The second kappa shape index (κ2) is 7.05. The molecule has 1 saturated carbocycles. The first-order chi connectivity index (χ1) is 7.77. The van der Waals surface area contributed by atoms with E-state index in [1.807, 2.05) is 6.92 Å². The van der Waals surface area contributed by atoms with Crippen molar-refractivity contribution in [1.82, 2.24) is 0 Å². The number of allylic oxidation sites excluding steroid dienone is 2. The average Bonchev–Trinajstić information content (AvgIpc) is 3.01. The van der Waals surface area contributed by atoms with Crippen molar-refractivity contribution in [2.75, 3.05) is 6.61 Å². The lowest BCUT2D eigenvalue weighted by Gasteiger charge is -2.01. The quantitative estimate of drug-likeness (QED) is 0.377. The molecule has 16 heavy (non-hydrogen) atoms. The Bertz CT molecular complexity index is 291. The molecule has 2 atom stereocenters. The third-order valence-corrected chi connectivity index (χ3v) is 2.70. The van der Waals surface area contributed by atoms with Crippen molar-refractivity contribution >= 4 is 5.97 Å². The van der Waals surface area contributed by atoms with Crippen molar-refractivity contribution in [2.45, 2.75) is 39.0 Å². The highest BCUT2D eigenvalue weighted by Gasteiger charge is 2.35. The van der Waals surface area contributed by atoms with Crippen molar-refractivity contribution in [3.05, 3.63) is 12.2 Å². The van der Waals surface area contributed by atoms with Gasteiger partial charge in [-0.15, -0.1) is 0 Å². The zero-order chi connectivity index (χ0) is 11.8. The van der Waals surface area contributed by atoms with Crippen LogP contribution in [0.5, 0.6) is 0 Å². The minimum absolute atomic E-state index is 0.0818. The second-order valence-electron chi connectivity index (χ2n) is 4.22. The van der Waals surface area contributed by atoms with Gasteiger partial charge in [0, 0.05) is 12.8 Å². The summed E-state index contributed by atoms with van der Waals surface area (Å²) in [7, 11) is 0. The topological polar surface area (TPSA) is 50.1 Å². The number of nitriles is 1. The Labute approximate surface area is 97.1 Å². The summed E-state index contributed by atoms with van der Waals surface area (Å²) in [4.78, 5) is 11.1. The van der Waals surface area contributed by atoms with Crippen LogP contribution in [0.2, 0.25) is 0 Å². The van der Waals surface area contributed by atoms with Crippen LogP contribution in [0, 0.1) is 23.2 Å². The van der Waals surface area contributed by atoms with E-state index < -0.39 is 0 Å². The summed E-state index contributed by atoms with van der Waals surface area (Å²) in [6, 6.07) is 2.11. The summed E-state index contributed by atoms with van der Waals surface area (Å²) in [6.07, 6.45) is 8.10. The zero-order valence-electron chi connectivity index (χ0n) is 9.82. The van der Waals surface area contributed by atoms with Gasteiger partial charge in [0.2, 0.25) is 0 Å². The van der Waals surface area contributed by atoms with Crippen molar-refractivity contribution in [3.8, 4) is 6.07 Å². The molecular weight excluding hydrogens is 202 g/mol. The van der Waals surface area contributed by atoms with Gasteiger partial charge in [-0.3, -0.25) is 4.79 Å². The fraction of sp³-hybridized carbons (Fsp3) is 0.692. The molecule has 0 aromatic carbocycles. The predicted octanol–water partition coefficient (Wildman–Crippen LogP) is 2.83. The number of carbonyl (C=O) groups excluding carboxylic acids is 1. The van der Waals surface area contributed by atoms with Gasteiger partial charge >= 0.3 is 5.97 Å². The Hall–Kier alpha value is -1.30. The van der Waals surface area contributed by atoms with E-state index in [0.717, 1.165) is 19.3 Å². The molecule has 3 nitrogen and oxygen atoms in total. The van der Waals surface area contributed by atoms with E-state index in [1.165, 1.54) is 0 Å². The van der Waals surface area contributed by atoms with Crippen LogP contribution in [0.3, 0.4) is 0 Å². The normalized spacial score (nSPS) is 23.0. The van der Waals surface area contributed by atoms with E-state index >= 15 is 0 Å². The Kier molecular flexibility index (Phi) is 5.63. The number of hydrogen-bond acceptors (Lipinski definition) is 3. The van der Waals surface area contributed by atoms with Gasteiger partial charge in [-0.1, -0.05) is 19.1 Å². The van der Waals surface area contributed by atoms with Crippen LogP contribution in [0.25, 0.3) is 0 Å². The summed E-state index contributed by atoms with van der Waals surface area (Å²) in [5.74, 6) is 0.994. The first-order valence-electron chi connectivity index (χ1n) is 5.97. The maximum Gasteiger partial charge on any atom is 0.305 e. The lowest BCUT2D eigenvalue weighted by molar-refractivity contribution is -0.144. The highest BCUT2D eigenvalue weighted by molar-refractivity contribution is 5.69. The van der Waals surface area contributed by atoms with Gasteiger partial charge in [0.1, 0.15) is 0 Å². The molecule has 1 fully saturated rings. The first-order valence-corrected chi connectivity index (χ1v) is 5.97. The maximum absolute atomic E-state index is 11.1. The second-order valence-corrected chi connectivity index (χ2v) is 4.22. The monoisotopic (exact) mass is 221 g/mol. The van der Waals surface area contributed by atoms with E-state index in [1.54, 1.807) is 0 Å². The molecule has 0 spiro atoms. The van der Waals surface area contributed by atoms with E-state index in [9.17, 15) is 4.79 Å². The fourth-order valence-electron chi connectivity index (χ4n) is 1.59. The number of nitrogens with zero attached hydrogens (tertiary/aromatic N) is 1. The molecule has 88 valence electrons. The number of esters is 1. The minimum Gasteiger partial charge on any atom is -0.465 e. The lowest BCUT2D eigenvalue weighted by atomic mass is 10.2. The average molecular weight is 221 g/mol. The molecule has 0 heterocycles. The number of unbranched alkanes of at least 4 members (excludes halogenated alkanes) is 1. The molecular formula is C13H19NO2. The fourth-order valence-corrected chi connectivity index (χ4v) is 1.59. The van der Waals surface area contributed by atoms with Crippen molar-refractivity contribution in [3.63, 3.8) is 0 Å². The summed E-state index contributed by atoms with van der Waals surface area (Å²) in [6.45, 7) is 2.53. The van der Waals surface area contributed by atoms with Crippen molar-refractivity contribution in [1.29, 1.82) is 5.26 Å². The standard InChI is InChI=1S/C13H19NO2/c1-2-6-13(15)16-10-12-9-11(12)7-4-3-5-8-14/h4,7,11-12H,2-3,5-6,9-10H2,1H3/b7-4-/t11-,12-/m1/s1. The third-order valence-electron chi connectivity index (χ3n) is 2.70. The van der Waals surface area contributed by atoms with Crippen LogP contribution in [0.1, 0.15) is 39.0 Å². The molecule has 0 unspecified atom stereocenters. The highest BCUT2D eigenvalue weighted by Crippen LogP contribution is 2.39. The van der Waals surface area contributed by atoms with E-state index in [4.69, 9.17) is 10.00 Å². The Balaban J connectivity index is 2.04. The van der Waals surface area contributed by atoms with Gasteiger partial charge in [0.05, 0.1) is 12.7 Å². The van der Waals surface area contributed by atoms with Gasteiger partial charge in [0.15, 0.2) is 0 Å². The smallest absolute Gasteiger partial charge is 0.305 e. The molecule has 3 heteroatoms. The predicted molar refractivity (Wildman–Crippen MR) is 61.5 cm³/mol. The molecule has 1 aliphatic rings. The van der Waals surface area contributed by atoms with Crippen LogP contribution < -0.4 is 0 Å². The van der Waals surface area contributed by atoms with E-state index in [2.05, 4.69) is 18.2 Å². The SMILES string of the molecule is CCCC(=O)OC[C@H]1C[C@H]1/C=C\CCC#N. The molecule has 0 N–H and O–H groups in total. The molecule has 0 amide bonds. The Morgan fingerprint density at radius 2 is 2.44 bits per heavy atom. The van der Waals surface area contributed by atoms with Crippen LogP contribution >= 0.6 is 0 Å². The first kappa shape index (κ1) is 12.8. The van der Waals surface area contributed by atoms with E-state index in [0.29, 0.717) is 31.3 Å². The molecule has 0 radical (unpaired) electrons. The summed E-state index contributed by atoms with van der Waals surface area (Å²) in [5, 5.41) is 8.35. The maximum atomic E-state index is 11.1. The number of carbonyl (C=O) groups is 1. The highest BCUT2D eigenvalue weighted by atomic mass is 16.5. The van der Waals surface area contributed by atoms with Gasteiger partial charge in [-0.05, 0) is 31.1 Å². The van der Waals surface area contributed by atoms with Crippen LogP contribution in [0.4, 0.5) is 0 Å². The zero-order valence-corrected chi connectivity index (χ0v) is 9.82. The van der Waals surface area contributed by atoms with Crippen molar-refractivity contribution in [2.24, 2.45) is 11.8 Å². The van der Waals surface area contributed by atoms with Gasteiger partial charge in [0.25, 0.3) is 0 Å². The molecule has 1 rings (SSSR count). The number of ether oxygens (including phenoxy) is 1. The van der Waals surface area contributed by atoms with Crippen LogP contribution in [0.15, 0.2) is 12.2 Å². The Morgan fingerprint density at radius 1 is 1.62 bits per heavy atom. The van der Waals surface area contributed by atoms with Gasteiger partial charge in [-0.25, -0.2) is 0 Å². The van der Waals surface area contributed by atoms with Crippen LogP contribution in [-0.2, 0) is 9.53 Å². The molecule has 0 aromatic heterocycles. The number of rotatable bonds is 7. The Morgan fingerprint density at radius 3 is 3.12 bits per heavy atom. The lowest BCUT2D eigenvalue weighted by Crippen LogP contribution is -2.06. The molecule has 0 aromatic rings. The van der Waals surface area contributed by atoms with E-state index in [-0.39, 0.29) is 5.97 Å². The molecule has 0 bridgehead atoms. The van der Waals surface area contributed by atoms with Gasteiger partial charge < -0.3 is 4.74 Å². The summed E-state index contributed by atoms with van der Waals surface area (Å²) >= 11 is 0. The number of hydrogen-bond donors (Lipinski definition) is 0. The molecule has 0 aliphatic heterocycles. The van der Waals surface area contributed by atoms with Crippen molar-refractivity contribution < 1.29 is 9.53 Å². The molecule has 1 aliphatic carbocycles. The minimum atomic E-state index is -0.0818. The third kappa shape index (κ3) is 4.97. The molecule has 0 saturated heterocycles. The largest absolute Gasteiger partial charge is 0.465 e. The summed E-state index contributed by atoms with van der Waals surface area (Å²) < 4.78 is 5.14. The van der Waals surface area contributed by atoms with Crippen LogP contribution in [-0.4, -0.2) is 12.6 Å². The summed E-state index contributed by atoms with van der Waals surface area (Å²) in [5.41, 5.74) is 0. The van der Waals surface area contributed by atoms with Gasteiger partial charge in [-0.2, -0.15) is 5.26 Å².